The van der Waals surface area contributed by atoms with Gasteiger partial charge in [0.1, 0.15) is 0 Å². The molecule has 3 N–H and O–H groups in total. The van der Waals surface area contributed by atoms with Gasteiger partial charge in [-0.2, -0.15) is 0 Å². The molecule has 1 rings (SSSR count). The number of thioether (sulfide) groups is 1. The highest BCUT2D eigenvalue weighted by Gasteiger charge is 2.03. The molecule has 1 aromatic heterocycles. The Bertz CT molecular complexity index is 317. The van der Waals surface area contributed by atoms with E-state index in [4.69, 9.17) is 10.8 Å². The fraction of sp³-hybridized carbons (Fsp3) is 0.333. The van der Waals surface area contributed by atoms with Crippen molar-refractivity contribution in [1.82, 2.24) is 4.98 Å². The highest BCUT2D eigenvalue weighted by molar-refractivity contribution is 7.99. The van der Waals surface area contributed by atoms with Gasteiger partial charge in [0.2, 0.25) is 0 Å². The largest absolute Gasteiger partial charge is 0.478 e. The van der Waals surface area contributed by atoms with Crippen LogP contribution in [-0.2, 0) is 0 Å². The second-order valence-electron chi connectivity index (χ2n) is 2.68. The van der Waals surface area contributed by atoms with Crippen LogP contribution in [0.1, 0.15) is 16.8 Å². The molecule has 0 unspecified atom stereocenters. The first-order chi connectivity index (χ1) is 6.74. The molecule has 76 valence electrons. The summed E-state index contributed by atoms with van der Waals surface area (Å²) >= 11 is 1.52. The van der Waals surface area contributed by atoms with Crippen molar-refractivity contribution >= 4 is 17.7 Å². The number of carbonyl (C=O) groups is 1. The summed E-state index contributed by atoms with van der Waals surface area (Å²) in [5.74, 6) is -0.0554. The standard InChI is InChI=1S/C9H12N2O2S/c10-3-1-5-14-8-6-7(9(12)13)2-4-11-8/h2,4,6H,1,3,5,10H2,(H,12,13). The Kier molecular flexibility index (Phi) is 4.42. The van der Waals surface area contributed by atoms with Crippen LogP contribution in [-0.4, -0.2) is 28.4 Å². The summed E-state index contributed by atoms with van der Waals surface area (Å²) in [6.07, 6.45) is 2.41. The number of carboxylic acid groups (broad SMARTS) is 1. The van der Waals surface area contributed by atoms with Crippen molar-refractivity contribution in [2.24, 2.45) is 5.73 Å². The topological polar surface area (TPSA) is 76.2 Å². The Morgan fingerprint density at radius 1 is 1.64 bits per heavy atom. The van der Waals surface area contributed by atoms with Gasteiger partial charge in [-0.25, -0.2) is 9.78 Å². The summed E-state index contributed by atoms with van der Waals surface area (Å²) in [6.45, 7) is 0.644. The maximum Gasteiger partial charge on any atom is 0.335 e. The highest BCUT2D eigenvalue weighted by atomic mass is 32.2. The van der Waals surface area contributed by atoms with E-state index in [9.17, 15) is 4.79 Å². The molecule has 0 aromatic carbocycles. The molecule has 0 bridgehead atoms. The number of aromatic carboxylic acids is 1. The Labute approximate surface area is 86.5 Å². The van der Waals surface area contributed by atoms with Gasteiger partial charge in [-0.1, -0.05) is 0 Å². The normalized spacial score (nSPS) is 10.1. The molecule has 4 nitrogen and oxygen atoms in total. The molecule has 0 aliphatic carbocycles. The van der Waals surface area contributed by atoms with Crippen LogP contribution < -0.4 is 5.73 Å². The van der Waals surface area contributed by atoms with Gasteiger partial charge in [-0.05, 0) is 25.1 Å². The molecule has 0 saturated carbocycles. The summed E-state index contributed by atoms with van der Waals surface area (Å²) in [5.41, 5.74) is 5.62. The molecule has 1 heterocycles. The second-order valence-corrected chi connectivity index (χ2v) is 3.79. The zero-order valence-corrected chi connectivity index (χ0v) is 8.46. The van der Waals surface area contributed by atoms with E-state index in [2.05, 4.69) is 4.98 Å². The van der Waals surface area contributed by atoms with Crippen LogP contribution in [0.3, 0.4) is 0 Å². The lowest BCUT2D eigenvalue weighted by atomic mass is 10.3. The van der Waals surface area contributed by atoms with Crippen LogP contribution in [0, 0.1) is 0 Å². The van der Waals surface area contributed by atoms with E-state index in [0.29, 0.717) is 6.54 Å². The molecule has 1 aromatic rings. The minimum atomic E-state index is -0.923. The smallest absolute Gasteiger partial charge is 0.335 e. The van der Waals surface area contributed by atoms with Crippen LogP contribution >= 0.6 is 11.8 Å². The summed E-state index contributed by atoms with van der Waals surface area (Å²) < 4.78 is 0. The lowest BCUT2D eigenvalue weighted by Gasteiger charge is -2.00. The number of aromatic nitrogens is 1. The van der Waals surface area contributed by atoms with E-state index < -0.39 is 5.97 Å². The third-order valence-corrected chi connectivity index (χ3v) is 2.59. The van der Waals surface area contributed by atoms with Crippen LogP contribution in [0.4, 0.5) is 0 Å². The maximum absolute atomic E-state index is 10.6. The van der Waals surface area contributed by atoms with Crippen molar-refractivity contribution in [2.75, 3.05) is 12.3 Å². The number of nitrogens with two attached hydrogens (primary N) is 1. The van der Waals surface area contributed by atoms with Crippen LogP contribution in [0.5, 0.6) is 0 Å². The van der Waals surface area contributed by atoms with E-state index in [1.54, 1.807) is 6.07 Å². The summed E-state index contributed by atoms with van der Waals surface area (Å²) in [4.78, 5) is 14.7. The van der Waals surface area contributed by atoms with Crippen LogP contribution in [0.25, 0.3) is 0 Å². The molecular weight excluding hydrogens is 200 g/mol. The van der Waals surface area contributed by atoms with Gasteiger partial charge in [0.15, 0.2) is 0 Å². The molecule has 0 saturated heterocycles. The minimum absolute atomic E-state index is 0.273. The minimum Gasteiger partial charge on any atom is -0.478 e. The van der Waals surface area contributed by atoms with Gasteiger partial charge in [-0.3, -0.25) is 0 Å². The zero-order valence-electron chi connectivity index (χ0n) is 7.64. The van der Waals surface area contributed by atoms with E-state index in [1.807, 2.05) is 0 Å². The van der Waals surface area contributed by atoms with E-state index in [-0.39, 0.29) is 5.56 Å². The molecule has 0 amide bonds. The van der Waals surface area contributed by atoms with Crippen molar-refractivity contribution in [3.63, 3.8) is 0 Å². The third-order valence-electron chi connectivity index (χ3n) is 1.58. The molecule has 0 aliphatic heterocycles. The van der Waals surface area contributed by atoms with Gasteiger partial charge >= 0.3 is 5.97 Å². The predicted molar refractivity (Wildman–Crippen MR) is 55.6 cm³/mol. The predicted octanol–water partition coefficient (Wildman–Crippen LogP) is 1.22. The monoisotopic (exact) mass is 212 g/mol. The molecular formula is C9H12N2O2S. The highest BCUT2D eigenvalue weighted by Crippen LogP contribution is 2.16. The van der Waals surface area contributed by atoms with E-state index in [0.717, 1.165) is 17.2 Å². The summed E-state index contributed by atoms with van der Waals surface area (Å²) in [5, 5.41) is 9.46. The van der Waals surface area contributed by atoms with E-state index >= 15 is 0 Å². The fourth-order valence-electron chi connectivity index (χ4n) is 0.881. The molecule has 14 heavy (non-hydrogen) atoms. The average Bonchev–Trinajstić information content (AvgIpc) is 2.19. The van der Waals surface area contributed by atoms with Gasteiger partial charge in [0.25, 0.3) is 0 Å². The summed E-state index contributed by atoms with van der Waals surface area (Å²) in [6, 6.07) is 3.05. The number of carboxylic acids is 1. The molecule has 5 heteroatoms. The quantitative estimate of drug-likeness (QED) is 0.567. The number of rotatable bonds is 5. The zero-order chi connectivity index (χ0) is 10.4. The van der Waals surface area contributed by atoms with Crippen LogP contribution in [0.2, 0.25) is 0 Å². The Balaban J connectivity index is 2.59. The van der Waals surface area contributed by atoms with Gasteiger partial charge in [-0.15, -0.1) is 11.8 Å². The number of hydrogen-bond donors (Lipinski definition) is 2. The first-order valence-corrected chi connectivity index (χ1v) is 5.25. The molecule has 0 radical (unpaired) electrons. The van der Waals surface area contributed by atoms with Crippen molar-refractivity contribution in [2.45, 2.75) is 11.4 Å². The molecule has 0 spiro atoms. The van der Waals surface area contributed by atoms with Gasteiger partial charge in [0.05, 0.1) is 10.6 Å². The van der Waals surface area contributed by atoms with Crippen molar-refractivity contribution in [3.8, 4) is 0 Å². The third kappa shape index (κ3) is 3.35. The Hall–Kier alpha value is -1.07. The summed E-state index contributed by atoms with van der Waals surface area (Å²) in [7, 11) is 0. The van der Waals surface area contributed by atoms with Crippen molar-refractivity contribution < 1.29 is 9.90 Å². The lowest BCUT2D eigenvalue weighted by Crippen LogP contribution is -2.00. The second kappa shape index (κ2) is 5.62. The number of pyridine rings is 1. The van der Waals surface area contributed by atoms with Crippen molar-refractivity contribution in [1.29, 1.82) is 0 Å². The molecule has 0 aliphatic rings. The lowest BCUT2D eigenvalue weighted by molar-refractivity contribution is 0.0696. The molecule has 0 atom stereocenters. The van der Waals surface area contributed by atoms with Gasteiger partial charge < -0.3 is 10.8 Å². The Morgan fingerprint density at radius 2 is 2.43 bits per heavy atom. The molecule has 0 fully saturated rings. The first kappa shape index (κ1) is 11.0. The number of hydrogen-bond acceptors (Lipinski definition) is 4. The SMILES string of the molecule is NCCCSc1cc(C(=O)O)ccn1. The average molecular weight is 212 g/mol. The Morgan fingerprint density at radius 3 is 3.07 bits per heavy atom. The van der Waals surface area contributed by atoms with E-state index in [1.165, 1.54) is 24.0 Å². The maximum atomic E-state index is 10.6. The van der Waals surface area contributed by atoms with Crippen LogP contribution in [0.15, 0.2) is 23.4 Å². The first-order valence-electron chi connectivity index (χ1n) is 4.26. The number of nitrogens with zero attached hydrogens (tertiary/aromatic N) is 1. The fourth-order valence-corrected chi connectivity index (χ4v) is 1.75. The van der Waals surface area contributed by atoms with Crippen molar-refractivity contribution in [3.05, 3.63) is 23.9 Å². The van der Waals surface area contributed by atoms with Gasteiger partial charge in [0, 0.05) is 11.9 Å².